The predicted molar refractivity (Wildman–Crippen MR) is 99.8 cm³/mol. The fraction of sp³-hybridized carbons (Fsp3) is 0.190. The van der Waals surface area contributed by atoms with Crippen LogP contribution in [0.3, 0.4) is 0 Å². The Kier molecular flexibility index (Phi) is 6.06. The molecule has 5 heteroatoms. The Bertz CT molecular complexity index is 799. The molecule has 1 aromatic heterocycles. The molecule has 1 atom stereocenters. The molecule has 0 saturated heterocycles. The van der Waals surface area contributed by atoms with Crippen molar-refractivity contribution in [1.82, 2.24) is 0 Å². The van der Waals surface area contributed by atoms with E-state index in [1.54, 1.807) is 6.26 Å². The number of carbonyl (C=O) groups is 1. The number of anilines is 1. The van der Waals surface area contributed by atoms with Crippen LogP contribution in [-0.4, -0.2) is 12.5 Å². The van der Waals surface area contributed by atoms with Gasteiger partial charge in [0.25, 0.3) is 5.91 Å². The van der Waals surface area contributed by atoms with Crippen LogP contribution in [0.25, 0.3) is 0 Å². The number of amides is 1. The van der Waals surface area contributed by atoms with Gasteiger partial charge in [-0.2, -0.15) is 0 Å². The summed E-state index contributed by atoms with van der Waals surface area (Å²) in [5.41, 5.74) is 1.87. The van der Waals surface area contributed by atoms with Gasteiger partial charge < -0.3 is 19.8 Å². The maximum absolute atomic E-state index is 12.1. The summed E-state index contributed by atoms with van der Waals surface area (Å²) in [4.78, 5) is 12.1. The molecule has 0 spiro atoms. The largest absolute Gasteiger partial charge is 0.489 e. The molecule has 0 aliphatic heterocycles. The number of furan rings is 1. The third-order valence-electron chi connectivity index (χ3n) is 4.04. The van der Waals surface area contributed by atoms with Crippen molar-refractivity contribution in [2.75, 3.05) is 11.9 Å². The molecular weight excluding hydrogens is 328 g/mol. The van der Waals surface area contributed by atoms with E-state index in [1.807, 2.05) is 79.0 Å². The van der Waals surface area contributed by atoms with Gasteiger partial charge in [-0.25, -0.2) is 0 Å². The molecule has 3 aromatic rings. The molecule has 0 radical (unpaired) electrons. The fourth-order valence-electron chi connectivity index (χ4n) is 2.54. The Labute approximate surface area is 153 Å². The molecule has 26 heavy (non-hydrogen) atoms. The minimum absolute atomic E-state index is 0.0543. The SMILES string of the molecule is C[C@@H]([NH2+]CC(=O)Nc1ccc(OCc2ccccc2)cc1)c1ccco1. The summed E-state index contributed by atoms with van der Waals surface area (Å²) in [5, 5.41) is 4.82. The average Bonchev–Trinajstić information content (AvgIpc) is 3.21. The Morgan fingerprint density at radius 3 is 2.54 bits per heavy atom. The molecule has 0 aliphatic carbocycles. The summed E-state index contributed by atoms with van der Waals surface area (Å²) in [6.45, 7) is 2.85. The average molecular weight is 351 g/mol. The van der Waals surface area contributed by atoms with Crippen LogP contribution >= 0.6 is 0 Å². The first kappa shape index (κ1) is 17.8. The van der Waals surface area contributed by atoms with Crippen LogP contribution < -0.4 is 15.4 Å². The lowest BCUT2D eigenvalue weighted by Gasteiger charge is -2.10. The quantitative estimate of drug-likeness (QED) is 0.655. The minimum atomic E-state index is -0.0543. The van der Waals surface area contributed by atoms with E-state index in [0.717, 1.165) is 22.8 Å². The second-order valence-corrected chi connectivity index (χ2v) is 6.09. The van der Waals surface area contributed by atoms with Gasteiger partial charge in [-0.05, 0) is 48.9 Å². The van der Waals surface area contributed by atoms with Crippen molar-refractivity contribution in [2.45, 2.75) is 19.6 Å². The van der Waals surface area contributed by atoms with Gasteiger partial charge in [0.1, 0.15) is 18.4 Å². The Hall–Kier alpha value is -3.05. The molecule has 0 fully saturated rings. The Balaban J connectivity index is 1.44. The molecule has 0 saturated carbocycles. The van der Waals surface area contributed by atoms with Gasteiger partial charge in [-0.3, -0.25) is 4.79 Å². The number of hydrogen-bond acceptors (Lipinski definition) is 3. The second kappa shape index (κ2) is 8.87. The Morgan fingerprint density at radius 2 is 1.85 bits per heavy atom. The highest BCUT2D eigenvalue weighted by Crippen LogP contribution is 2.17. The van der Waals surface area contributed by atoms with Crippen molar-refractivity contribution in [3.8, 4) is 5.75 Å². The highest BCUT2D eigenvalue weighted by molar-refractivity contribution is 5.91. The number of carbonyl (C=O) groups excluding carboxylic acids is 1. The highest BCUT2D eigenvalue weighted by Gasteiger charge is 2.13. The first-order chi connectivity index (χ1) is 12.7. The van der Waals surface area contributed by atoms with E-state index in [-0.39, 0.29) is 11.9 Å². The number of nitrogens with one attached hydrogen (secondary N) is 1. The molecule has 2 aromatic carbocycles. The number of nitrogens with two attached hydrogens (primary N) is 1. The molecule has 3 rings (SSSR count). The monoisotopic (exact) mass is 351 g/mol. The third-order valence-corrected chi connectivity index (χ3v) is 4.04. The third kappa shape index (κ3) is 5.22. The van der Waals surface area contributed by atoms with Crippen LogP contribution in [0.4, 0.5) is 5.69 Å². The zero-order valence-electron chi connectivity index (χ0n) is 14.7. The van der Waals surface area contributed by atoms with E-state index in [9.17, 15) is 4.79 Å². The predicted octanol–water partition coefficient (Wildman–Crippen LogP) is 3.12. The Morgan fingerprint density at radius 1 is 1.08 bits per heavy atom. The van der Waals surface area contributed by atoms with Crippen LogP contribution in [0.15, 0.2) is 77.4 Å². The van der Waals surface area contributed by atoms with Crippen molar-refractivity contribution >= 4 is 11.6 Å². The summed E-state index contributed by atoms with van der Waals surface area (Å²) in [7, 11) is 0. The van der Waals surface area contributed by atoms with Crippen molar-refractivity contribution in [3.63, 3.8) is 0 Å². The number of ether oxygens (including phenoxy) is 1. The van der Waals surface area contributed by atoms with E-state index in [2.05, 4.69) is 5.32 Å². The first-order valence-corrected chi connectivity index (χ1v) is 8.64. The standard InChI is InChI=1S/C21H22N2O3/c1-16(20-8-5-13-25-20)22-14-21(24)23-18-9-11-19(12-10-18)26-15-17-6-3-2-4-7-17/h2-13,16,22H,14-15H2,1H3,(H,23,24)/p+1/t16-/m1/s1. The maximum Gasteiger partial charge on any atom is 0.279 e. The van der Waals surface area contributed by atoms with E-state index in [1.165, 1.54) is 0 Å². The summed E-state index contributed by atoms with van der Waals surface area (Å²) in [5.74, 6) is 1.57. The van der Waals surface area contributed by atoms with Crippen molar-refractivity contribution in [2.24, 2.45) is 0 Å². The van der Waals surface area contributed by atoms with E-state index >= 15 is 0 Å². The zero-order valence-corrected chi connectivity index (χ0v) is 14.7. The smallest absolute Gasteiger partial charge is 0.279 e. The van der Waals surface area contributed by atoms with Crippen molar-refractivity contribution < 1.29 is 19.3 Å². The van der Waals surface area contributed by atoms with E-state index in [0.29, 0.717) is 13.2 Å². The van der Waals surface area contributed by atoms with Crippen LogP contribution in [0.1, 0.15) is 24.3 Å². The van der Waals surface area contributed by atoms with Crippen LogP contribution in [0.5, 0.6) is 5.75 Å². The normalized spacial score (nSPS) is 11.7. The first-order valence-electron chi connectivity index (χ1n) is 8.64. The summed E-state index contributed by atoms with van der Waals surface area (Å²) in [6.07, 6.45) is 1.64. The van der Waals surface area contributed by atoms with Gasteiger partial charge >= 0.3 is 0 Å². The van der Waals surface area contributed by atoms with Gasteiger partial charge in [-0.15, -0.1) is 0 Å². The molecular formula is C21H23N2O3+. The lowest BCUT2D eigenvalue weighted by Crippen LogP contribution is -2.86. The summed E-state index contributed by atoms with van der Waals surface area (Å²) in [6, 6.07) is 21.3. The molecule has 1 amide bonds. The number of benzene rings is 2. The van der Waals surface area contributed by atoms with E-state index in [4.69, 9.17) is 9.15 Å². The van der Waals surface area contributed by atoms with Crippen LogP contribution in [-0.2, 0) is 11.4 Å². The molecule has 134 valence electrons. The fourth-order valence-corrected chi connectivity index (χ4v) is 2.54. The van der Waals surface area contributed by atoms with Crippen LogP contribution in [0.2, 0.25) is 0 Å². The molecule has 5 nitrogen and oxygen atoms in total. The zero-order chi connectivity index (χ0) is 18.2. The molecule has 0 aliphatic rings. The van der Waals surface area contributed by atoms with Gasteiger partial charge in [0.2, 0.25) is 0 Å². The van der Waals surface area contributed by atoms with E-state index < -0.39 is 0 Å². The second-order valence-electron chi connectivity index (χ2n) is 6.09. The lowest BCUT2D eigenvalue weighted by molar-refractivity contribution is -0.684. The molecule has 0 unspecified atom stereocenters. The van der Waals surface area contributed by atoms with Gasteiger partial charge in [0.15, 0.2) is 12.3 Å². The van der Waals surface area contributed by atoms with Crippen molar-refractivity contribution in [1.29, 1.82) is 0 Å². The highest BCUT2D eigenvalue weighted by atomic mass is 16.5. The minimum Gasteiger partial charge on any atom is -0.489 e. The molecule has 0 bridgehead atoms. The summed E-state index contributed by atoms with van der Waals surface area (Å²) >= 11 is 0. The van der Waals surface area contributed by atoms with Gasteiger partial charge in [-0.1, -0.05) is 30.3 Å². The molecule has 1 heterocycles. The maximum atomic E-state index is 12.1. The number of quaternary nitrogens is 1. The topological polar surface area (TPSA) is 68.1 Å². The summed E-state index contributed by atoms with van der Waals surface area (Å²) < 4.78 is 11.1. The number of hydrogen-bond donors (Lipinski definition) is 2. The lowest BCUT2D eigenvalue weighted by atomic mass is 10.2. The molecule has 3 N–H and O–H groups in total. The number of rotatable bonds is 8. The van der Waals surface area contributed by atoms with Crippen molar-refractivity contribution in [3.05, 3.63) is 84.3 Å². The van der Waals surface area contributed by atoms with Gasteiger partial charge in [0, 0.05) is 5.69 Å². The van der Waals surface area contributed by atoms with Gasteiger partial charge in [0.05, 0.1) is 6.26 Å². The van der Waals surface area contributed by atoms with Crippen LogP contribution in [0, 0.1) is 0 Å².